The number of amides is 2. The summed E-state index contributed by atoms with van der Waals surface area (Å²) in [6.07, 6.45) is 2.62. The monoisotopic (exact) mass is 282 g/mol. The van der Waals surface area contributed by atoms with Crippen molar-refractivity contribution in [3.8, 4) is 0 Å². The third kappa shape index (κ3) is 4.56. The number of hydrogen-bond donors (Lipinski definition) is 2. The van der Waals surface area contributed by atoms with Crippen molar-refractivity contribution in [2.45, 2.75) is 39.7 Å². The Morgan fingerprint density at radius 3 is 2.53 bits per heavy atom. The van der Waals surface area contributed by atoms with Crippen LogP contribution in [-0.2, 0) is 9.59 Å². The smallest absolute Gasteiger partial charge is 0.249 e. The molecule has 0 aromatic carbocycles. The number of halogens is 1. The fourth-order valence-corrected chi connectivity index (χ4v) is 1.96. The first-order chi connectivity index (χ1) is 8.81. The summed E-state index contributed by atoms with van der Waals surface area (Å²) < 4.78 is 0. The van der Waals surface area contributed by atoms with Crippen LogP contribution >= 0.6 is 11.6 Å². The van der Waals surface area contributed by atoms with Gasteiger partial charge in [-0.2, -0.15) is 0 Å². The molecule has 19 heavy (non-hydrogen) atoms. The standard InChI is InChI=1S/C14H19ClN2O2/c1-8(2)11(7-9(3)15)10(4)16-12-5-6-13(18)17-14(12)19/h7,12,16H,4-6H2,1-3H3,(H,17,18,19)/b9-7+. The van der Waals surface area contributed by atoms with Crippen molar-refractivity contribution < 1.29 is 9.59 Å². The molecule has 1 aliphatic rings. The third-order valence-electron chi connectivity index (χ3n) is 2.79. The summed E-state index contributed by atoms with van der Waals surface area (Å²) in [6, 6.07) is -0.427. The number of allylic oxidation sites excluding steroid dienone is 3. The van der Waals surface area contributed by atoms with Crippen LogP contribution in [0.15, 0.2) is 34.5 Å². The molecule has 1 heterocycles. The molecule has 2 amide bonds. The summed E-state index contributed by atoms with van der Waals surface area (Å²) in [6.45, 7) is 9.62. The maximum absolute atomic E-state index is 11.7. The van der Waals surface area contributed by atoms with Crippen LogP contribution < -0.4 is 10.6 Å². The number of hydrogen-bond acceptors (Lipinski definition) is 3. The summed E-state index contributed by atoms with van der Waals surface area (Å²) >= 11 is 5.89. The molecule has 0 saturated carbocycles. The number of carbonyl (C=O) groups is 2. The Morgan fingerprint density at radius 1 is 1.42 bits per heavy atom. The molecule has 0 aromatic rings. The van der Waals surface area contributed by atoms with Crippen LogP contribution in [0.4, 0.5) is 0 Å². The molecule has 0 aliphatic carbocycles. The van der Waals surface area contributed by atoms with Crippen molar-refractivity contribution in [3.63, 3.8) is 0 Å². The van der Waals surface area contributed by atoms with E-state index in [1.165, 1.54) is 0 Å². The Morgan fingerprint density at radius 2 is 2.05 bits per heavy atom. The van der Waals surface area contributed by atoms with Gasteiger partial charge in [0.25, 0.3) is 0 Å². The number of piperidine rings is 1. The molecule has 0 spiro atoms. The van der Waals surface area contributed by atoms with E-state index in [0.717, 1.165) is 11.1 Å². The van der Waals surface area contributed by atoms with Crippen LogP contribution in [-0.4, -0.2) is 17.9 Å². The molecule has 1 aliphatic heterocycles. The van der Waals surface area contributed by atoms with Gasteiger partial charge in [-0.3, -0.25) is 14.9 Å². The van der Waals surface area contributed by atoms with Crippen molar-refractivity contribution in [2.24, 2.45) is 0 Å². The van der Waals surface area contributed by atoms with E-state index in [0.29, 0.717) is 23.6 Å². The normalized spacial score (nSPS) is 19.8. The summed E-state index contributed by atoms with van der Waals surface area (Å²) in [5.41, 5.74) is 2.55. The molecule has 0 radical (unpaired) electrons. The predicted octanol–water partition coefficient (Wildman–Crippen LogP) is 2.37. The first-order valence-corrected chi connectivity index (χ1v) is 6.50. The lowest BCUT2D eigenvalue weighted by molar-refractivity contribution is -0.134. The van der Waals surface area contributed by atoms with Crippen LogP contribution in [0.25, 0.3) is 0 Å². The highest BCUT2D eigenvalue weighted by molar-refractivity contribution is 6.29. The minimum absolute atomic E-state index is 0.229. The highest BCUT2D eigenvalue weighted by atomic mass is 35.5. The second kappa shape index (κ2) is 6.57. The molecule has 5 heteroatoms. The zero-order valence-electron chi connectivity index (χ0n) is 11.5. The van der Waals surface area contributed by atoms with Crippen molar-refractivity contribution in [1.29, 1.82) is 0 Å². The Balaban J connectivity index is 2.79. The molecule has 0 aromatic heterocycles. The molecule has 4 nitrogen and oxygen atoms in total. The van der Waals surface area contributed by atoms with Crippen LogP contribution in [0.2, 0.25) is 0 Å². The van der Waals surface area contributed by atoms with E-state index in [9.17, 15) is 9.59 Å². The van der Waals surface area contributed by atoms with Gasteiger partial charge in [0.05, 0.1) is 0 Å². The van der Waals surface area contributed by atoms with Gasteiger partial charge in [-0.25, -0.2) is 0 Å². The average Bonchev–Trinajstić information content (AvgIpc) is 2.29. The molecule has 1 unspecified atom stereocenters. The maximum Gasteiger partial charge on any atom is 0.249 e. The number of nitrogens with one attached hydrogen (secondary N) is 2. The van der Waals surface area contributed by atoms with E-state index in [4.69, 9.17) is 11.6 Å². The highest BCUT2D eigenvalue weighted by Gasteiger charge is 2.26. The molecule has 1 atom stereocenters. The van der Waals surface area contributed by atoms with Crippen LogP contribution in [0, 0.1) is 0 Å². The van der Waals surface area contributed by atoms with E-state index >= 15 is 0 Å². The largest absolute Gasteiger partial charge is 0.374 e. The second-order valence-corrected chi connectivity index (χ2v) is 5.37. The quantitative estimate of drug-likeness (QED) is 0.615. The fourth-order valence-electron chi connectivity index (χ4n) is 1.85. The van der Waals surface area contributed by atoms with E-state index in [1.807, 2.05) is 13.8 Å². The summed E-state index contributed by atoms with van der Waals surface area (Å²) in [7, 11) is 0. The van der Waals surface area contributed by atoms with Crippen LogP contribution in [0.5, 0.6) is 0 Å². The highest BCUT2D eigenvalue weighted by Crippen LogP contribution is 2.18. The molecule has 1 saturated heterocycles. The van der Waals surface area contributed by atoms with Gasteiger partial charge < -0.3 is 5.32 Å². The van der Waals surface area contributed by atoms with Gasteiger partial charge in [-0.1, -0.05) is 23.8 Å². The zero-order valence-corrected chi connectivity index (χ0v) is 12.2. The van der Waals surface area contributed by atoms with Crippen LogP contribution in [0.3, 0.4) is 0 Å². The molecular weight excluding hydrogens is 264 g/mol. The van der Waals surface area contributed by atoms with Gasteiger partial charge in [0, 0.05) is 17.2 Å². The molecular formula is C14H19ClN2O2. The fraction of sp³-hybridized carbons (Fsp3) is 0.429. The van der Waals surface area contributed by atoms with Crippen molar-refractivity contribution in [3.05, 3.63) is 34.5 Å². The summed E-state index contributed by atoms with van der Waals surface area (Å²) in [5.74, 6) is -0.537. The molecule has 2 N–H and O–H groups in total. The predicted molar refractivity (Wildman–Crippen MR) is 76.4 cm³/mol. The van der Waals surface area contributed by atoms with Gasteiger partial charge in [0.1, 0.15) is 6.04 Å². The third-order valence-corrected chi connectivity index (χ3v) is 2.90. The van der Waals surface area contributed by atoms with Crippen molar-refractivity contribution in [2.75, 3.05) is 0 Å². The van der Waals surface area contributed by atoms with E-state index in [2.05, 4.69) is 17.2 Å². The Kier molecular flexibility index (Phi) is 5.36. The molecule has 1 fully saturated rings. The first kappa shape index (κ1) is 15.5. The van der Waals surface area contributed by atoms with Gasteiger partial charge in [-0.05, 0) is 38.8 Å². The van der Waals surface area contributed by atoms with Gasteiger partial charge in [0.2, 0.25) is 11.8 Å². The number of carbonyl (C=O) groups excluding carboxylic acids is 2. The van der Waals surface area contributed by atoms with E-state index in [1.54, 1.807) is 13.0 Å². The van der Waals surface area contributed by atoms with Crippen molar-refractivity contribution in [1.82, 2.24) is 10.6 Å². The minimum Gasteiger partial charge on any atom is -0.374 e. The molecule has 0 bridgehead atoms. The minimum atomic E-state index is -0.427. The van der Waals surface area contributed by atoms with Gasteiger partial charge in [-0.15, -0.1) is 0 Å². The zero-order chi connectivity index (χ0) is 14.6. The Bertz CT molecular complexity index is 470. The van der Waals surface area contributed by atoms with Gasteiger partial charge in [0.15, 0.2) is 0 Å². The second-order valence-electron chi connectivity index (χ2n) is 4.77. The van der Waals surface area contributed by atoms with Crippen molar-refractivity contribution >= 4 is 23.4 Å². The van der Waals surface area contributed by atoms with Crippen LogP contribution in [0.1, 0.15) is 33.6 Å². The summed E-state index contributed by atoms with van der Waals surface area (Å²) in [4.78, 5) is 22.7. The van der Waals surface area contributed by atoms with E-state index in [-0.39, 0.29) is 11.8 Å². The lowest BCUT2D eigenvalue weighted by atomic mass is 10.0. The Hall–Kier alpha value is -1.55. The molecule has 1 rings (SSSR count). The molecule has 104 valence electrons. The first-order valence-electron chi connectivity index (χ1n) is 6.12. The maximum atomic E-state index is 11.7. The SMILES string of the molecule is C=C(NC1CCC(=O)NC1=O)C(/C=C(\C)Cl)=C(C)C. The average molecular weight is 283 g/mol. The van der Waals surface area contributed by atoms with E-state index < -0.39 is 6.04 Å². The lowest BCUT2D eigenvalue weighted by Crippen LogP contribution is -2.50. The topological polar surface area (TPSA) is 58.2 Å². The van der Waals surface area contributed by atoms with Gasteiger partial charge >= 0.3 is 0 Å². The number of rotatable bonds is 4. The number of imide groups is 1. The Labute approximate surface area is 118 Å². The lowest BCUT2D eigenvalue weighted by Gasteiger charge is -2.24. The summed E-state index contributed by atoms with van der Waals surface area (Å²) in [5, 5.41) is 6.00.